The van der Waals surface area contributed by atoms with E-state index in [0.29, 0.717) is 5.04 Å². The van der Waals surface area contributed by atoms with Gasteiger partial charge in [0.25, 0.3) is 5.56 Å². The topological polar surface area (TPSA) is 109 Å². The summed E-state index contributed by atoms with van der Waals surface area (Å²) in [7, 11) is 2.82. The third-order valence-corrected chi connectivity index (χ3v) is 3.64. The van der Waals surface area contributed by atoms with Gasteiger partial charge in [-0.15, -0.1) is 0 Å². The van der Waals surface area contributed by atoms with E-state index in [9.17, 15) is 14.4 Å². The number of nitrogens with zero attached hydrogens (tertiary/aromatic N) is 3. The van der Waals surface area contributed by atoms with E-state index in [4.69, 9.17) is 10.5 Å². The van der Waals surface area contributed by atoms with Crippen LogP contribution in [0.1, 0.15) is 27.7 Å². The van der Waals surface area contributed by atoms with E-state index in [0.717, 1.165) is 16.3 Å². The molecule has 1 rings (SSSR count). The minimum atomic E-state index is -0.600. The second kappa shape index (κ2) is 7.03. The van der Waals surface area contributed by atoms with Crippen molar-refractivity contribution in [2.75, 3.05) is 11.5 Å². The lowest BCUT2D eigenvalue weighted by atomic mass is 10.2. The molecular formula is C14H22N4O4S. The van der Waals surface area contributed by atoms with Gasteiger partial charge in [-0.25, -0.2) is 9.79 Å². The molecule has 0 bridgehead atoms. The Morgan fingerprint density at radius 3 is 2.35 bits per heavy atom. The number of aromatic nitrogens is 2. The molecule has 0 aliphatic carbocycles. The van der Waals surface area contributed by atoms with Crippen molar-refractivity contribution in [1.82, 2.24) is 9.13 Å². The summed E-state index contributed by atoms with van der Waals surface area (Å²) >= 11 is 1.15. The highest BCUT2D eigenvalue weighted by Crippen LogP contribution is 2.18. The molecule has 0 unspecified atom stereocenters. The third-order valence-electron chi connectivity index (χ3n) is 2.75. The number of esters is 1. The molecular weight excluding hydrogens is 320 g/mol. The van der Waals surface area contributed by atoms with Gasteiger partial charge in [0.2, 0.25) is 0 Å². The molecule has 0 saturated carbocycles. The highest BCUT2D eigenvalue weighted by atomic mass is 32.2. The SMILES string of the molecule is C/C(=N\c1c(N)c(=O)n(C)c(=O)n1C)SCC(=O)OC(C)(C)C. The molecule has 0 spiro atoms. The monoisotopic (exact) mass is 342 g/mol. The van der Waals surface area contributed by atoms with E-state index in [-0.39, 0.29) is 23.2 Å². The van der Waals surface area contributed by atoms with Gasteiger partial charge in [0.15, 0.2) is 5.82 Å². The minimum absolute atomic E-state index is 0.0747. The molecule has 1 aromatic rings. The molecule has 0 aliphatic heterocycles. The zero-order chi connectivity index (χ0) is 17.9. The molecule has 0 atom stereocenters. The number of carbonyl (C=O) groups is 1. The van der Waals surface area contributed by atoms with Gasteiger partial charge >= 0.3 is 11.7 Å². The number of nitrogens with two attached hydrogens (primary N) is 1. The third kappa shape index (κ3) is 4.98. The minimum Gasteiger partial charge on any atom is -0.459 e. The summed E-state index contributed by atoms with van der Waals surface area (Å²) in [4.78, 5) is 39.6. The number of ether oxygens (including phenoxy) is 1. The van der Waals surface area contributed by atoms with Gasteiger partial charge in [-0.2, -0.15) is 0 Å². The largest absolute Gasteiger partial charge is 0.459 e. The number of thioether (sulfide) groups is 1. The number of carbonyl (C=O) groups excluding carboxylic acids is 1. The predicted molar refractivity (Wildman–Crippen MR) is 92.4 cm³/mol. The Bertz CT molecular complexity index is 719. The number of rotatable bonds is 3. The molecule has 1 aromatic heterocycles. The summed E-state index contributed by atoms with van der Waals surface area (Å²) in [6, 6.07) is 0. The van der Waals surface area contributed by atoms with Gasteiger partial charge in [0.05, 0.1) is 10.8 Å². The Morgan fingerprint density at radius 1 is 1.26 bits per heavy atom. The molecule has 8 nitrogen and oxygen atoms in total. The van der Waals surface area contributed by atoms with Crippen molar-refractivity contribution in [3.8, 4) is 0 Å². The molecule has 0 aromatic carbocycles. The standard InChI is InChI=1S/C14H22N4O4S/c1-8(23-7-9(19)22-14(2,3)4)16-11-10(15)12(20)18(6)13(21)17(11)5/h7,15H2,1-6H3/b16-8+. The number of aliphatic imine (C=N–C) groups is 1. The smallest absolute Gasteiger partial charge is 0.332 e. The van der Waals surface area contributed by atoms with Gasteiger partial charge in [-0.1, -0.05) is 11.8 Å². The molecule has 128 valence electrons. The Hall–Kier alpha value is -2.03. The van der Waals surface area contributed by atoms with E-state index >= 15 is 0 Å². The zero-order valence-corrected chi connectivity index (χ0v) is 15.0. The van der Waals surface area contributed by atoms with Gasteiger partial charge in [-0.05, 0) is 27.7 Å². The van der Waals surface area contributed by atoms with Crippen molar-refractivity contribution in [2.24, 2.45) is 19.1 Å². The molecule has 0 fully saturated rings. The second-order valence-electron chi connectivity index (χ2n) is 5.95. The second-order valence-corrected chi connectivity index (χ2v) is 7.12. The quantitative estimate of drug-likeness (QED) is 0.494. The van der Waals surface area contributed by atoms with E-state index in [1.807, 2.05) is 0 Å². The fraction of sp³-hybridized carbons (Fsp3) is 0.571. The molecule has 0 amide bonds. The maximum Gasteiger partial charge on any atom is 0.332 e. The van der Waals surface area contributed by atoms with Crippen LogP contribution in [0, 0.1) is 0 Å². The molecule has 2 N–H and O–H groups in total. The Morgan fingerprint density at radius 2 is 1.83 bits per heavy atom. The van der Waals surface area contributed by atoms with Gasteiger partial charge < -0.3 is 10.5 Å². The number of hydrogen-bond acceptors (Lipinski definition) is 7. The van der Waals surface area contributed by atoms with Crippen LogP contribution in [-0.4, -0.2) is 31.5 Å². The van der Waals surface area contributed by atoms with Crippen LogP contribution >= 0.6 is 11.8 Å². The first-order valence-electron chi connectivity index (χ1n) is 6.89. The van der Waals surface area contributed by atoms with Crippen molar-refractivity contribution in [3.05, 3.63) is 20.8 Å². The van der Waals surface area contributed by atoms with Crippen molar-refractivity contribution in [1.29, 1.82) is 0 Å². The first-order chi connectivity index (χ1) is 10.4. The number of hydrogen-bond donors (Lipinski definition) is 1. The average Bonchev–Trinajstić information content (AvgIpc) is 2.43. The summed E-state index contributed by atoms with van der Waals surface area (Å²) in [6.45, 7) is 7.02. The van der Waals surface area contributed by atoms with Crippen LogP contribution in [0.4, 0.5) is 11.5 Å². The van der Waals surface area contributed by atoms with Crippen LogP contribution in [0.5, 0.6) is 0 Å². The Kier molecular flexibility index (Phi) is 5.81. The maximum absolute atomic E-state index is 11.9. The molecule has 9 heteroatoms. The van der Waals surface area contributed by atoms with Crippen molar-refractivity contribution >= 4 is 34.3 Å². The number of nitrogen functional groups attached to an aromatic ring is 1. The van der Waals surface area contributed by atoms with Crippen LogP contribution < -0.4 is 17.0 Å². The van der Waals surface area contributed by atoms with Crippen molar-refractivity contribution < 1.29 is 9.53 Å². The van der Waals surface area contributed by atoms with E-state index in [1.165, 1.54) is 18.7 Å². The summed E-state index contributed by atoms with van der Waals surface area (Å²) in [5.74, 6) is -0.221. The van der Waals surface area contributed by atoms with Gasteiger partial charge in [0, 0.05) is 14.1 Å². The van der Waals surface area contributed by atoms with Crippen molar-refractivity contribution in [2.45, 2.75) is 33.3 Å². The molecule has 23 heavy (non-hydrogen) atoms. The molecule has 1 heterocycles. The highest BCUT2D eigenvalue weighted by molar-refractivity contribution is 8.14. The normalized spacial score (nSPS) is 12.3. The fourth-order valence-corrected chi connectivity index (χ4v) is 2.25. The first-order valence-corrected chi connectivity index (χ1v) is 7.88. The van der Waals surface area contributed by atoms with Gasteiger partial charge in [-0.3, -0.25) is 18.7 Å². The van der Waals surface area contributed by atoms with Crippen LogP contribution in [0.25, 0.3) is 0 Å². The Balaban J connectivity index is 2.98. The van der Waals surface area contributed by atoms with Crippen LogP contribution in [0.3, 0.4) is 0 Å². The van der Waals surface area contributed by atoms with E-state index < -0.39 is 16.9 Å². The number of anilines is 1. The summed E-state index contributed by atoms with van der Waals surface area (Å²) in [5, 5.41) is 0.491. The van der Waals surface area contributed by atoms with E-state index in [2.05, 4.69) is 4.99 Å². The first kappa shape index (κ1) is 19.0. The lowest BCUT2D eigenvalue weighted by molar-refractivity contribution is -0.151. The molecule has 0 aliphatic rings. The summed E-state index contributed by atoms with van der Waals surface area (Å²) < 4.78 is 7.29. The Labute approximate surface area is 138 Å². The summed E-state index contributed by atoms with van der Waals surface area (Å²) in [6.07, 6.45) is 0. The molecule has 0 saturated heterocycles. The lowest BCUT2D eigenvalue weighted by Gasteiger charge is -2.19. The average molecular weight is 342 g/mol. The lowest BCUT2D eigenvalue weighted by Crippen LogP contribution is -2.38. The summed E-state index contributed by atoms with van der Waals surface area (Å²) in [5.41, 5.74) is 3.95. The zero-order valence-electron chi connectivity index (χ0n) is 14.2. The highest BCUT2D eigenvalue weighted by Gasteiger charge is 2.17. The fourth-order valence-electron chi connectivity index (χ4n) is 1.71. The van der Waals surface area contributed by atoms with Crippen molar-refractivity contribution in [3.63, 3.8) is 0 Å². The van der Waals surface area contributed by atoms with E-state index in [1.54, 1.807) is 27.7 Å². The van der Waals surface area contributed by atoms with Crippen LogP contribution in [0.2, 0.25) is 0 Å². The van der Waals surface area contributed by atoms with Crippen LogP contribution in [-0.2, 0) is 23.6 Å². The molecule has 0 radical (unpaired) electrons. The van der Waals surface area contributed by atoms with Crippen LogP contribution in [0.15, 0.2) is 14.6 Å². The van der Waals surface area contributed by atoms with Gasteiger partial charge in [0.1, 0.15) is 11.3 Å². The maximum atomic E-state index is 11.9. The predicted octanol–water partition coefficient (Wildman–Crippen LogP) is 0.791.